The summed E-state index contributed by atoms with van der Waals surface area (Å²) < 4.78 is 0. The third kappa shape index (κ3) is 10.5. The molecule has 0 N–H and O–H groups in total. The van der Waals surface area contributed by atoms with Crippen LogP contribution in [0.3, 0.4) is 0 Å². The molecule has 0 aliphatic carbocycles. The molecule has 0 aliphatic heterocycles. The summed E-state index contributed by atoms with van der Waals surface area (Å²) in [4.78, 5) is 4.26. The lowest BCUT2D eigenvalue weighted by Gasteiger charge is -2.14. The van der Waals surface area contributed by atoms with E-state index in [1.807, 2.05) is 6.20 Å². The van der Waals surface area contributed by atoms with Gasteiger partial charge in [-0.15, -0.1) is 0 Å². The number of unbranched alkanes of at least 4 members (excludes halogenated alkanes) is 11. The maximum absolute atomic E-state index is 4.26. The van der Waals surface area contributed by atoms with Gasteiger partial charge in [-0.2, -0.15) is 0 Å². The molecule has 0 saturated heterocycles. The molecule has 0 saturated carbocycles. The van der Waals surface area contributed by atoms with Gasteiger partial charge in [0.25, 0.3) is 0 Å². The molecule has 0 radical (unpaired) electrons. The van der Waals surface area contributed by atoms with Crippen molar-refractivity contribution < 1.29 is 0 Å². The molecule has 0 aromatic carbocycles. The monoisotopic (exact) mass is 317 g/mol. The summed E-state index contributed by atoms with van der Waals surface area (Å²) in [5.41, 5.74) is 1.43. The molecule has 1 heterocycles. The number of aromatic nitrogens is 1. The Labute approximate surface area is 145 Å². The van der Waals surface area contributed by atoms with Crippen LogP contribution in [0.2, 0.25) is 0 Å². The average Bonchev–Trinajstić information content (AvgIpc) is 2.60. The summed E-state index contributed by atoms with van der Waals surface area (Å²) in [6, 6.07) is 4.31. The van der Waals surface area contributed by atoms with E-state index in [1.54, 1.807) is 0 Å². The summed E-state index contributed by atoms with van der Waals surface area (Å²) in [6.07, 6.45) is 23.7. The lowest BCUT2D eigenvalue weighted by atomic mass is 9.92. The van der Waals surface area contributed by atoms with E-state index in [-0.39, 0.29) is 0 Å². The highest BCUT2D eigenvalue weighted by molar-refractivity contribution is 5.14. The minimum Gasteiger partial charge on any atom is -0.264 e. The molecule has 23 heavy (non-hydrogen) atoms. The van der Waals surface area contributed by atoms with Crippen LogP contribution in [0.4, 0.5) is 0 Å². The molecular weight excluding hydrogens is 278 g/mol. The Bertz CT molecular complexity index is 346. The first-order valence-electron chi connectivity index (χ1n) is 10.3. The second kappa shape index (κ2) is 14.7. The highest BCUT2D eigenvalue weighted by Gasteiger charge is 2.08. The Morgan fingerprint density at radius 1 is 0.783 bits per heavy atom. The normalized spacial score (nSPS) is 12.4. The van der Waals surface area contributed by atoms with Gasteiger partial charge in [0.15, 0.2) is 0 Å². The zero-order valence-electron chi connectivity index (χ0n) is 15.7. The van der Waals surface area contributed by atoms with Crippen LogP contribution < -0.4 is 0 Å². The Morgan fingerprint density at radius 3 is 1.83 bits per heavy atom. The number of rotatable bonds is 15. The standard InChI is InChI=1S/C22H39N/c1-3-5-6-7-8-9-10-11-12-13-14-15-17-21(4-2)22-18-16-19-23-20-22/h16,18-21H,3-15,17H2,1-2H3. The van der Waals surface area contributed by atoms with Crippen LogP contribution in [0.25, 0.3) is 0 Å². The molecule has 1 heteroatoms. The van der Waals surface area contributed by atoms with Gasteiger partial charge in [-0.1, -0.05) is 97.0 Å². The lowest BCUT2D eigenvalue weighted by Crippen LogP contribution is -1.98. The van der Waals surface area contributed by atoms with Crippen molar-refractivity contribution in [1.82, 2.24) is 4.98 Å². The molecule has 1 aromatic heterocycles. The van der Waals surface area contributed by atoms with Crippen LogP contribution in [0.15, 0.2) is 24.5 Å². The predicted molar refractivity (Wildman–Crippen MR) is 103 cm³/mol. The van der Waals surface area contributed by atoms with Crippen LogP contribution in [0, 0.1) is 0 Å². The van der Waals surface area contributed by atoms with E-state index in [0.29, 0.717) is 5.92 Å². The molecule has 0 spiro atoms. The number of nitrogens with zero attached hydrogens (tertiary/aromatic N) is 1. The fourth-order valence-electron chi connectivity index (χ4n) is 3.46. The molecule has 0 bridgehead atoms. The van der Waals surface area contributed by atoms with Gasteiger partial charge in [0.2, 0.25) is 0 Å². The third-order valence-corrected chi connectivity index (χ3v) is 5.05. The molecule has 1 aromatic rings. The lowest BCUT2D eigenvalue weighted by molar-refractivity contribution is 0.514. The minimum atomic E-state index is 0.715. The second-order valence-electron chi connectivity index (χ2n) is 7.07. The number of hydrogen-bond donors (Lipinski definition) is 0. The Kier molecular flexibility index (Phi) is 12.9. The van der Waals surface area contributed by atoms with Crippen LogP contribution in [-0.4, -0.2) is 4.98 Å². The predicted octanol–water partition coefficient (Wildman–Crippen LogP) is 7.67. The maximum Gasteiger partial charge on any atom is 0.0302 e. The van der Waals surface area contributed by atoms with E-state index in [0.717, 1.165) is 0 Å². The number of hydrogen-bond acceptors (Lipinski definition) is 1. The van der Waals surface area contributed by atoms with E-state index in [1.165, 1.54) is 95.5 Å². The van der Waals surface area contributed by atoms with Gasteiger partial charge in [-0.25, -0.2) is 0 Å². The minimum absolute atomic E-state index is 0.715. The second-order valence-corrected chi connectivity index (χ2v) is 7.07. The molecule has 0 fully saturated rings. The molecule has 0 aliphatic rings. The zero-order valence-corrected chi connectivity index (χ0v) is 15.7. The topological polar surface area (TPSA) is 12.9 Å². The SMILES string of the molecule is CCCCCCCCCCCCCCC(CC)c1cccnc1. The first-order valence-corrected chi connectivity index (χ1v) is 10.3. The van der Waals surface area contributed by atoms with Crippen LogP contribution in [-0.2, 0) is 0 Å². The molecule has 1 nitrogen and oxygen atoms in total. The summed E-state index contributed by atoms with van der Waals surface area (Å²) in [5, 5.41) is 0. The fourth-order valence-corrected chi connectivity index (χ4v) is 3.46. The summed E-state index contributed by atoms with van der Waals surface area (Å²) in [6.45, 7) is 4.59. The zero-order chi connectivity index (χ0) is 16.6. The summed E-state index contributed by atoms with van der Waals surface area (Å²) in [5.74, 6) is 0.715. The van der Waals surface area contributed by atoms with Crippen molar-refractivity contribution in [2.75, 3.05) is 0 Å². The highest BCUT2D eigenvalue weighted by atomic mass is 14.6. The van der Waals surface area contributed by atoms with Crippen molar-refractivity contribution in [2.24, 2.45) is 0 Å². The molecule has 132 valence electrons. The van der Waals surface area contributed by atoms with Crippen LogP contribution >= 0.6 is 0 Å². The van der Waals surface area contributed by atoms with Gasteiger partial charge in [0, 0.05) is 12.4 Å². The van der Waals surface area contributed by atoms with E-state index in [4.69, 9.17) is 0 Å². The van der Waals surface area contributed by atoms with Crippen molar-refractivity contribution in [3.05, 3.63) is 30.1 Å². The maximum atomic E-state index is 4.26. The molecule has 1 atom stereocenters. The van der Waals surface area contributed by atoms with Crippen LogP contribution in [0.1, 0.15) is 115 Å². The summed E-state index contributed by atoms with van der Waals surface area (Å²) >= 11 is 0. The Balaban J connectivity index is 1.91. The van der Waals surface area contributed by atoms with Crippen molar-refractivity contribution >= 4 is 0 Å². The fraction of sp³-hybridized carbons (Fsp3) is 0.773. The Hall–Kier alpha value is -0.850. The first kappa shape index (κ1) is 20.2. The van der Waals surface area contributed by atoms with Crippen molar-refractivity contribution in [3.63, 3.8) is 0 Å². The molecule has 1 unspecified atom stereocenters. The Morgan fingerprint density at radius 2 is 1.35 bits per heavy atom. The van der Waals surface area contributed by atoms with Gasteiger partial charge in [0.1, 0.15) is 0 Å². The van der Waals surface area contributed by atoms with E-state index in [9.17, 15) is 0 Å². The van der Waals surface area contributed by atoms with Crippen LogP contribution in [0.5, 0.6) is 0 Å². The smallest absolute Gasteiger partial charge is 0.0302 e. The molecular formula is C22H39N. The highest BCUT2D eigenvalue weighted by Crippen LogP contribution is 2.25. The molecule has 1 rings (SSSR count). The van der Waals surface area contributed by atoms with Gasteiger partial charge >= 0.3 is 0 Å². The van der Waals surface area contributed by atoms with E-state index in [2.05, 4.69) is 37.2 Å². The quantitative estimate of drug-likeness (QED) is 0.302. The van der Waals surface area contributed by atoms with Gasteiger partial charge < -0.3 is 0 Å². The van der Waals surface area contributed by atoms with Crippen molar-refractivity contribution in [1.29, 1.82) is 0 Å². The van der Waals surface area contributed by atoms with Gasteiger partial charge in [0.05, 0.1) is 0 Å². The van der Waals surface area contributed by atoms with E-state index < -0.39 is 0 Å². The largest absolute Gasteiger partial charge is 0.264 e. The average molecular weight is 318 g/mol. The van der Waals surface area contributed by atoms with Crippen molar-refractivity contribution in [2.45, 2.75) is 110 Å². The first-order chi connectivity index (χ1) is 11.4. The molecule has 0 amide bonds. The summed E-state index contributed by atoms with van der Waals surface area (Å²) in [7, 11) is 0. The number of pyridine rings is 1. The van der Waals surface area contributed by atoms with Gasteiger partial charge in [-0.3, -0.25) is 4.98 Å². The van der Waals surface area contributed by atoms with E-state index >= 15 is 0 Å². The van der Waals surface area contributed by atoms with Gasteiger partial charge in [-0.05, 0) is 30.4 Å². The van der Waals surface area contributed by atoms with Crippen molar-refractivity contribution in [3.8, 4) is 0 Å². The third-order valence-electron chi connectivity index (χ3n) is 5.05.